The molecule has 2 aliphatic rings. The minimum absolute atomic E-state index is 0.201. The van der Waals surface area contributed by atoms with Crippen LogP contribution in [0.5, 0.6) is 0 Å². The number of aromatic nitrogens is 1. The molecule has 0 saturated carbocycles. The van der Waals surface area contributed by atoms with Crippen molar-refractivity contribution < 1.29 is 9.90 Å². The third-order valence-corrected chi connectivity index (χ3v) is 4.24. The van der Waals surface area contributed by atoms with Crippen molar-refractivity contribution in [3.05, 3.63) is 17.8 Å². The quantitative estimate of drug-likeness (QED) is 0.858. The van der Waals surface area contributed by atoms with Gasteiger partial charge < -0.3 is 15.7 Å². The Morgan fingerprint density at radius 1 is 1.35 bits per heavy atom. The largest absolute Gasteiger partial charge is 0.478 e. The molecule has 0 amide bonds. The molecule has 2 saturated heterocycles. The molecule has 108 valence electrons. The predicted octanol–water partition coefficient (Wildman–Crippen LogP) is 1.04. The number of pyridine rings is 1. The second-order valence-corrected chi connectivity index (χ2v) is 5.58. The number of aromatic carboxylic acids is 1. The zero-order valence-electron chi connectivity index (χ0n) is 11.5. The lowest BCUT2D eigenvalue weighted by atomic mass is 10.2. The molecule has 0 aromatic carbocycles. The molecule has 0 spiro atoms. The van der Waals surface area contributed by atoms with Crippen LogP contribution in [0.15, 0.2) is 12.3 Å². The number of carboxylic acid groups (broad SMARTS) is 1. The smallest absolute Gasteiger partial charge is 0.339 e. The average molecular weight is 276 g/mol. The molecule has 2 fully saturated rings. The van der Waals surface area contributed by atoms with E-state index in [-0.39, 0.29) is 5.56 Å². The number of nitrogen functional groups attached to an aromatic ring is 1. The summed E-state index contributed by atoms with van der Waals surface area (Å²) in [6, 6.07) is 2.02. The summed E-state index contributed by atoms with van der Waals surface area (Å²) in [5.41, 5.74) is 6.23. The van der Waals surface area contributed by atoms with Gasteiger partial charge in [0.2, 0.25) is 0 Å². The van der Waals surface area contributed by atoms with Gasteiger partial charge >= 0.3 is 5.97 Å². The molecular formula is C14H20N4O2. The molecule has 1 unspecified atom stereocenters. The first-order chi connectivity index (χ1) is 9.65. The Morgan fingerprint density at radius 3 is 2.80 bits per heavy atom. The van der Waals surface area contributed by atoms with Gasteiger partial charge in [0.25, 0.3) is 0 Å². The maximum absolute atomic E-state index is 11.3. The van der Waals surface area contributed by atoms with Gasteiger partial charge in [-0.1, -0.05) is 0 Å². The maximum atomic E-state index is 11.3. The third-order valence-electron chi connectivity index (χ3n) is 4.24. The number of nitrogens with zero attached hydrogens (tertiary/aromatic N) is 3. The zero-order chi connectivity index (χ0) is 14.1. The summed E-state index contributed by atoms with van der Waals surface area (Å²) in [5, 5.41) is 9.30. The van der Waals surface area contributed by atoms with Crippen LogP contribution in [-0.4, -0.2) is 53.2 Å². The van der Waals surface area contributed by atoms with Crippen LogP contribution in [-0.2, 0) is 0 Å². The molecule has 1 aromatic rings. The van der Waals surface area contributed by atoms with Gasteiger partial charge in [-0.3, -0.25) is 4.90 Å². The lowest BCUT2D eigenvalue weighted by molar-refractivity contribution is 0.0697. The van der Waals surface area contributed by atoms with Gasteiger partial charge in [0, 0.05) is 19.1 Å². The molecule has 3 rings (SSSR count). The molecule has 1 atom stereocenters. The van der Waals surface area contributed by atoms with E-state index in [0.29, 0.717) is 17.5 Å². The van der Waals surface area contributed by atoms with Crippen LogP contribution < -0.4 is 10.6 Å². The zero-order valence-corrected chi connectivity index (χ0v) is 11.5. The van der Waals surface area contributed by atoms with Crippen molar-refractivity contribution in [2.45, 2.75) is 25.3 Å². The predicted molar refractivity (Wildman–Crippen MR) is 77.0 cm³/mol. The van der Waals surface area contributed by atoms with E-state index in [1.807, 2.05) is 0 Å². The first-order valence-corrected chi connectivity index (χ1v) is 7.13. The number of carboxylic acids is 1. The molecule has 3 heterocycles. The Hall–Kier alpha value is -1.82. The third kappa shape index (κ3) is 2.43. The Kier molecular flexibility index (Phi) is 3.48. The molecule has 3 N–H and O–H groups in total. The van der Waals surface area contributed by atoms with Gasteiger partial charge in [-0.2, -0.15) is 0 Å². The Labute approximate surface area is 118 Å². The molecule has 1 aromatic heterocycles. The molecule has 6 heteroatoms. The van der Waals surface area contributed by atoms with E-state index >= 15 is 0 Å². The Bertz CT molecular complexity index is 514. The lowest BCUT2D eigenvalue weighted by Crippen LogP contribution is -2.35. The molecule has 20 heavy (non-hydrogen) atoms. The molecule has 0 bridgehead atoms. The van der Waals surface area contributed by atoms with Crippen LogP contribution >= 0.6 is 0 Å². The van der Waals surface area contributed by atoms with Crippen LogP contribution in [0.3, 0.4) is 0 Å². The minimum atomic E-state index is -0.968. The number of rotatable bonds is 3. The molecular weight excluding hydrogens is 256 g/mol. The standard InChI is InChI=1S/C14H20N4O2/c15-10-7-12(14(19)20)13(16-8-10)18-6-3-11(9-18)17-4-1-2-5-17/h7-8,11H,1-6,9,15H2,(H,19,20). The van der Waals surface area contributed by atoms with Gasteiger partial charge in [-0.15, -0.1) is 0 Å². The summed E-state index contributed by atoms with van der Waals surface area (Å²) < 4.78 is 0. The van der Waals surface area contributed by atoms with E-state index < -0.39 is 5.97 Å². The maximum Gasteiger partial charge on any atom is 0.339 e. The van der Waals surface area contributed by atoms with E-state index in [4.69, 9.17) is 5.73 Å². The summed E-state index contributed by atoms with van der Waals surface area (Å²) in [7, 11) is 0. The van der Waals surface area contributed by atoms with E-state index in [2.05, 4.69) is 14.8 Å². The fourth-order valence-electron chi connectivity index (χ4n) is 3.22. The van der Waals surface area contributed by atoms with Crippen molar-refractivity contribution in [3.8, 4) is 0 Å². The van der Waals surface area contributed by atoms with Gasteiger partial charge in [-0.05, 0) is 38.4 Å². The van der Waals surface area contributed by atoms with Crippen molar-refractivity contribution in [1.29, 1.82) is 0 Å². The highest BCUT2D eigenvalue weighted by atomic mass is 16.4. The van der Waals surface area contributed by atoms with E-state index in [1.165, 1.54) is 38.2 Å². The van der Waals surface area contributed by atoms with Crippen LogP contribution in [0.2, 0.25) is 0 Å². The number of likely N-dealkylation sites (tertiary alicyclic amines) is 1. The highest BCUT2D eigenvalue weighted by molar-refractivity contribution is 5.94. The van der Waals surface area contributed by atoms with Crippen LogP contribution in [0.25, 0.3) is 0 Å². The summed E-state index contributed by atoms with van der Waals surface area (Å²) in [5.74, 6) is -0.419. The van der Waals surface area contributed by atoms with Crippen LogP contribution in [0.4, 0.5) is 11.5 Å². The first kappa shape index (κ1) is 13.2. The Morgan fingerprint density at radius 2 is 2.10 bits per heavy atom. The van der Waals surface area contributed by atoms with Crippen LogP contribution in [0.1, 0.15) is 29.6 Å². The van der Waals surface area contributed by atoms with Crippen molar-refractivity contribution in [2.75, 3.05) is 36.8 Å². The van der Waals surface area contributed by atoms with Crippen molar-refractivity contribution in [2.24, 2.45) is 0 Å². The topological polar surface area (TPSA) is 82.7 Å². The highest BCUT2D eigenvalue weighted by Gasteiger charge is 2.31. The number of anilines is 2. The number of nitrogens with two attached hydrogens (primary N) is 1. The summed E-state index contributed by atoms with van der Waals surface area (Å²) >= 11 is 0. The van der Waals surface area contributed by atoms with Gasteiger partial charge in [0.15, 0.2) is 0 Å². The number of hydrogen-bond acceptors (Lipinski definition) is 5. The highest BCUT2D eigenvalue weighted by Crippen LogP contribution is 2.27. The number of carbonyl (C=O) groups is 1. The normalized spacial score (nSPS) is 23.4. The molecule has 0 radical (unpaired) electrons. The van der Waals surface area contributed by atoms with Crippen molar-refractivity contribution in [1.82, 2.24) is 9.88 Å². The molecule has 6 nitrogen and oxygen atoms in total. The van der Waals surface area contributed by atoms with E-state index in [1.54, 1.807) is 0 Å². The molecule has 0 aliphatic carbocycles. The lowest BCUT2D eigenvalue weighted by Gasteiger charge is -2.24. The fraction of sp³-hybridized carbons (Fsp3) is 0.571. The summed E-state index contributed by atoms with van der Waals surface area (Å²) in [4.78, 5) is 20.2. The summed E-state index contributed by atoms with van der Waals surface area (Å²) in [6.45, 7) is 4.05. The first-order valence-electron chi connectivity index (χ1n) is 7.13. The fourth-order valence-corrected chi connectivity index (χ4v) is 3.22. The van der Waals surface area contributed by atoms with E-state index in [9.17, 15) is 9.90 Å². The van der Waals surface area contributed by atoms with Gasteiger partial charge in [-0.25, -0.2) is 9.78 Å². The van der Waals surface area contributed by atoms with Crippen molar-refractivity contribution >= 4 is 17.5 Å². The van der Waals surface area contributed by atoms with E-state index in [0.717, 1.165) is 19.5 Å². The monoisotopic (exact) mass is 276 g/mol. The van der Waals surface area contributed by atoms with Gasteiger partial charge in [0.1, 0.15) is 11.4 Å². The minimum Gasteiger partial charge on any atom is -0.478 e. The van der Waals surface area contributed by atoms with Crippen LogP contribution in [0, 0.1) is 0 Å². The van der Waals surface area contributed by atoms with Crippen molar-refractivity contribution in [3.63, 3.8) is 0 Å². The average Bonchev–Trinajstić information content (AvgIpc) is 3.09. The SMILES string of the molecule is Nc1cnc(N2CCC(N3CCCC3)C2)c(C(=O)O)c1. The second-order valence-electron chi connectivity index (χ2n) is 5.58. The Balaban J connectivity index is 1.78. The number of hydrogen-bond donors (Lipinski definition) is 2. The second kappa shape index (κ2) is 5.28. The summed E-state index contributed by atoms with van der Waals surface area (Å²) in [6.07, 6.45) is 5.16. The molecule has 2 aliphatic heterocycles. The van der Waals surface area contributed by atoms with Gasteiger partial charge in [0.05, 0.1) is 11.9 Å².